The number of benzene rings is 1. The average molecular weight is 253 g/mol. The minimum absolute atomic E-state index is 0.638. The van der Waals surface area contributed by atoms with Gasteiger partial charge in [-0.05, 0) is 43.6 Å². The monoisotopic (exact) mass is 252 g/mol. The first-order chi connectivity index (χ1) is 8.15. The Morgan fingerprint density at radius 1 is 1.47 bits per heavy atom. The second-order valence-corrected chi connectivity index (χ2v) is 5.59. The molecule has 1 aromatic carbocycles. The van der Waals surface area contributed by atoms with Crippen LogP contribution in [0.2, 0.25) is 5.02 Å². The minimum Gasteiger partial charge on any atom is -0.312 e. The van der Waals surface area contributed by atoms with Gasteiger partial charge in [0.25, 0.3) is 0 Å². The molecule has 1 aliphatic heterocycles. The van der Waals surface area contributed by atoms with Gasteiger partial charge in [0.1, 0.15) is 0 Å². The predicted molar refractivity (Wildman–Crippen MR) is 73.4 cm³/mol. The number of rotatable bonds is 4. The van der Waals surface area contributed by atoms with Gasteiger partial charge in [0.15, 0.2) is 0 Å². The van der Waals surface area contributed by atoms with Crippen molar-refractivity contribution < 1.29 is 0 Å². The van der Waals surface area contributed by atoms with E-state index >= 15 is 0 Å². The summed E-state index contributed by atoms with van der Waals surface area (Å²) in [4.78, 5) is 2.37. The van der Waals surface area contributed by atoms with Crippen LogP contribution in [0.5, 0.6) is 0 Å². The molecular weight excluding hydrogens is 232 g/mol. The largest absolute Gasteiger partial charge is 0.312 e. The van der Waals surface area contributed by atoms with Gasteiger partial charge in [0, 0.05) is 24.2 Å². The van der Waals surface area contributed by atoms with Gasteiger partial charge in [-0.1, -0.05) is 30.7 Å². The summed E-state index contributed by atoms with van der Waals surface area (Å²) in [6.45, 7) is 5.56. The van der Waals surface area contributed by atoms with Crippen molar-refractivity contribution in [2.45, 2.75) is 25.9 Å². The fourth-order valence-corrected chi connectivity index (χ4v) is 2.70. The van der Waals surface area contributed by atoms with Gasteiger partial charge in [-0.3, -0.25) is 0 Å². The highest BCUT2D eigenvalue weighted by Gasteiger charge is 2.23. The van der Waals surface area contributed by atoms with Gasteiger partial charge in [0.2, 0.25) is 0 Å². The Balaban J connectivity index is 1.86. The van der Waals surface area contributed by atoms with Crippen LogP contribution in [0.25, 0.3) is 0 Å². The molecule has 2 nitrogen and oxygen atoms in total. The van der Waals surface area contributed by atoms with E-state index in [-0.39, 0.29) is 0 Å². The molecule has 2 atom stereocenters. The average Bonchev–Trinajstić information content (AvgIpc) is 2.64. The number of likely N-dealkylation sites (N-methyl/N-ethyl adjacent to an activating group) is 1. The zero-order valence-corrected chi connectivity index (χ0v) is 11.4. The molecule has 3 heteroatoms. The van der Waals surface area contributed by atoms with Crippen LogP contribution in [0.15, 0.2) is 24.3 Å². The van der Waals surface area contributed by atoms with Crippen LogP contribution in [-0.4, -0.2) is 31.1 Å². The van der Waals surface area contributed by atoms with E-state index in [4.69, 9.17) is 11.6 Å². The Morgan fingerprint density at radius 3 is 2.94 bits per heavy atom. The molecule has 0 radical (unpaired) electrons. The zero-order valence-electron chi connectivity index (χ0n) is 10.6. The number of nitrogens with zero attached hydrogens (tertiary/aromatic N) is 1. The van der Waals surface area contributed by atoms with Crippen LogP contribution < -0.4 is 5.32 Å². The van der Waals surface area contributed by atoms with Crippen molar-refractivity contribution in [2.75, 3.05) is 20.1 Å². The lowest BCUT2D eigenvalue weighted by Gasteiger charge is -2.23. The molecule has 2 unspecified atom stereocenters. The second-order valence-electron chi connectivity index (χ2n) is 5.15. The number of nitrogens with one attached hydrogen (secondary N) is 1. The third kappa shape index (κ3) is 3.70. The molecule has 0 aliphatic carbocycles. The van der Waals surface area contributed by atoms with Crippen molar-refractivity contribution in [1.82, 2.24) is 10.2 Å². The molecule has 0 bridgehead atoms. The smallest absolute Gasteiger partial charge is 0.0409 e. The van der Waals surface area contributed by atoms with Crippen LogP contribution in [0.4, 0.5) is 0 Å². The molecule has 1 N–H and O–H groups in total. The second kappa shape index (κ2) is 5.85. The molecule has 2 rings (SSSR count). The first kappa shape index (κ1) is 12.9. The summed E-state index contributed by atoms with van der Waals surface area (Å²) in [6.07, 6.45) is 1.30. The van der Waals surface area contributed by atoms with E-state index < -0.39 is 0 Å². The third-order valence-electron chi connectivity index (χ3n) is 3.54. The summed E-state index contributed by atoms with van der Waals surface area (Å²) in [7, 11) is 2.17. The summed E-state index contributed by atoms with van der Waals surface area (Å²) < 4.78 is 0. The van der Waals surface area contributed by atoms with Crippen molar-refractivity contribution >= 4 is 11.6 Å². The fraction of sp³-hybridized carbons (Fsp3) is 0.571. The maximum absolute atomic E-state index is 5.99. The molecule has 1 fully saturated rings. The minimum atomic E-state index is 0.638. The van der Waals surface area contributed by atoms with Crippen LogP contribution >= 0.6 is 11.6 Å². The summed E-state index contributed by atoms with van der Waals surface area (Å²) >= 11 is 5.99. The molecular formula is C14H21ClN2. The molecule has 1 aliphatic rings. The zero-order chi connectivity index (χ0) is 12.3. The Morgan fingerprint density at radius 2 is 2.29 bits per heavy atom. The summed E-state index contributed by atoms with van der Waals surface area (Å²) in [6, 6.07) is 8.75. The van der Waals surface area contributed by atoms with Gasteiger partial charge >= 0.3 is 0 Å². The van der Waals surface area contributed by atoms with E-state index in [2.05, 4.69) is 30.3 Å². The van der Waals surface area contributed by atoms with Gasteiger partial charge < -0.3 is 10.2 Å². The number of hydrogen-bond donors (Lipinski definition) is 1. The summed E-state index contributed by atoms with van der Waals surface area (Å²) in [5, 5.41) is 4.39. The standard InChI is InChI=1S/C14H21ClN2/c1-11-6-7-16-14(11)10-17(2)9-12-4-3-5-13(15)8-12/h3-5,8,11,14,16H,6-7,9-10H2,1-2H3. The van der Waals surface area contributed by atoms with Gasteiger partial charge in [-0.25, -0.2) is 0 Å². The van der Waals surface area contributed by atoms with Crippen molar-refractivity contribution in [3.8, 4) is 0 Å². The van der Waals surface area contributed by atoms with Crippen molar-refractivity contribution in [3.63, 3.8) is 0 Å². The predicted octanol–water partition coefficient (Wildman–Crippen LogP) is 2.77. The first-order valence-electron chi connectivity index (χ1n) is 6.31. The Labute approximate surface area is 109 Å². The maximum Gasteiger partial charge on any atom is 0.0409 e. The number of hydrogen-bond acceptors (Lipinski definition) is 2. The van der Waals surface area contributed by atoms with Crippen molar-refractivity contribution in [1.29, 1.82) is 0 Å². The highest BCUT2D eigenvalue weighted by Crippen LogP contribution is 2.17. The highest BCUT2D eigenvalue weighted by atomic mass is 35.5. The Kier molecular flexibility index (Phi) is 4.43. The van der Waals surface area contributed by atoms with Crippen LogP contribution in [0.3, 0.4) is 0 Å². The van der Waals surface area contributed by atoms with E-state index in [1.54, 1.807) is 0 Å². The lowest BCUT2D eigenvalue weighted by molar-refractivity contribution is 0.271. The fourth-order valence-electron chi connectivity index (χ4n) is 2.49. The van der Waals surface area contributed by atoms with E-state index in [1.165, 1.54) is 12.0 Å². The lowest BCUT2D eigenvalue weighted by Crippen LogP contribution is -2.37. The van der Waals surface area contributed by atoms with Crippen molar-refractivity contribution in [3.05, 3.63) is 34.9 Å². The molecule has 0 amide bonds. The van der Waals surface area contributed by atoms with E-state index in [9.17, 15) is 0 Å². The van der Waals surface area contributed by atoms with Crippen molar-refractivity contribution in [2.24, 2.45) is 5.92 Å². The normalized spacial score (nSPS) is 24.5. The van der Waals surface area contributed by atoms with Gasteiger partial charge in [0.05, 0.1) is 0 Å². The van der Waals surface area contributed by atoms with Crippen LogP contribution in [0, 0.1) is 5.92 Å². The molecule has 1 aromatic rings. The Bertz CT molecular complexity index is 367. The molecule has 17 heavy (non-hydrogen) atoms. The molecule has 0 aromatic heterocycles. The Hall–Kier alpha value is -0.570. The summed E-state index contributed by atoms with van der Waals surface area (Å²) in [5.41, 5.74) is 1.28. The number of halogens is 1. The molecule has 94 valence electrons. The highest BCUT2D eigenvalue weighted by molar-refractivity contribution is 6.30. The SMILES string of the molecule is CC1CCNC1CN(C)Cc1cccc(Cl)c1. The molecule has 1 saturated heterocycles. The molecule has 0 saturated carbocycles. The van der Waals surface area contributed by atoms with E-state index in [0.29, 0.717) is 6.04 Å². The summed E-state index contributed by atoms with van der Waals surface area (Å²) in [5.74, 6) is 0.789. The van der Waals surface area contributed by atoms with E-state index in [0.717, 1.165) is 30.6 Å². The quantitative estimate of drug-likeness (QED) is 0.887. The topological polar surface area (TPSA) is 15.3 Å². The maximum atomic E-state index is 5.99. The molecule has 0 spiro atoms. The lowest BCUT2D eigenvalue weighted by atomic mass is 10.0. The first-order valence-corrected chi connectivity index (χ1v) is 6.69. The van der Waals surface area contributed by atoms with E-state index in [1.807, 2.05) is 18.2 Å². The van der Waals surface area contributed by atoms with Crippen LogP contribution in [0.1, 0.15) is 18.9 Å². The van der Waals surface area contributed by atoms with Gasteiger partial charge in [-0.2, -0.15) is 0 Å². The molecule has 1 heterocycles. The third-order valence-corrected chi connectivity index (χ3v) is 3.78. The van der Waals surface area contributed by atoms with Crippen LogP contribution in [-0.2, 0) is 6.54 Å². The van der Waals surface area contributed by atoms with Gasteiger partial charge in [-0.15, -0.1) is 0 Å².